The van der Waals surface area contributed by atoms with Gasteiger partial charge in [0.05, 0.1) is 5.57 Å². The maximum Gasteiger partial charge on any atom is 0.341 e. The van der Waals surface area contributed by atoms with Gasteiger partial charge >= 0.3 is 5.97 Å². The largest absolute Gasteiger partial charge is 0.481 e. The number of nitrogens with zero attached hydrogens (tertiary/aromatic N) is 2. The third kappa shape index (κ3) is 3.91. The smallest absolute Gasteiger partial charge is 0.341 e. The first-order chi connectivity index (χ1) is 10.1. The molecule has 1 aromatic carbocycles. The molecule has 0 bridgehead atoms. The Bertz CT molecular complexity index is 729. The van der Waals surface area contributed by atoms with E-state index in [1.807, 2.05) is 12.3 Å². The molecule has 2 aromatic rings. The summed E-state index contributed by atoms with van der Waals surface area (Å²) in [6.07, 6.45) is 1.65. The first-order valence-electron chi connectivity index (χ1n) is 6.08. The summed E-state index contributed by atoms with van der Waals surface area (Å²) in [5.41, 5.74) is 1.91. The minimum absolute atomic E-state index is 0.416. The summed E-state index contributed by atoms with van der Waals surface area (Å²) < 4.78 is 5.21. The summed E-state index contributed by atoms with van der Waals surface area (Å²) in [5.74, 6) is -0.634. The molecule has 0 radical (unpaired) electrons. The Hall–Kier alpha value is -2.65. The van der Waals surface area contributed by atoms with Crippen LogP contribution in [0.2, 0.25) is 0 Å². The highest BCUT2D eigenvalue weighted by atomic mass is 32.1. The molecule has 0 atom stereocenters. The fourth-order valence-electron chi connectivity index (χ4n) is 1.65. The van der Waals surface area contributed by atoms with Gasteiger partial charge in [-0.05, 0) is 19.1 Å². The van der Waals surface area contributed by atoms with Crippen LogP contribution >= 0.6 is 11.3 Å². The van der Waals surface area contributed by atoms with Crippen LogP contribution in [-0.2, 0) is 4.79 Å². The Morgan fingerprint density at radius 1 is 1.52 bits per heavy atom. The van der Waals surface area contributed by atoms with Crippen molar-refractivity contribution in [2.24, 2.45) is 0 Å². The molecule has 5 nitrogen and oxygen atoms in total. The molecule has 2 rings (SSSR count). The number of hydrogen-bond acceptors (Lipinski definition) is 5. The summed E-state index contributed by atoms with van der Waals surface area (Å²) in [7, 11) is 0. The predicted molar refractivity (Wildman–Crippen MR) is 79.9 cm³/mol. The number of allylic oxidation sites excluding steroid dienone is 1. The van der Waals surface area contributed by atoms with Gasteiger partial charge in [-0.3, -0.25) is 0 Å². The maximum absolute atomic E-state index is 10.6. The SMILES string of the molecule is Cc1csc(C(C#N)=Cc2ccccc2OCC(=O)O)n1. The van der Waals surface area contributed by atoms with Gasteiger partial charge in [0.2, 0.25) is 0 Å². The molecule has 0 aliphatic heterocycles. The fourth-order valence-corrected chi connectivity index (χ4v) is 2.41. The third-order valence-corrected chi connectivity index (χ3v) is 3.53. The standard InChI is InChI=1S/C15H12N2O3S/c1-10-9-21-15(17-10)12(7-16)6-11-4-2-3-5-13(11)20-8-14(18)19/h2-6,9H,8H2,1H3,(H,18,19). The quantitative estimate of drug-likeness (QED) is 0.858. The average molecular weight is 300 g/mol. The average Bonchev–Trinajstić information content (AvgIpc) is 2.90. The van der Waals surface area contributed by atoms with Crippen LogP contribution in [0.25, 0.3) is 11.6 Å². The molecule has 6 heteroatoms. The second-order valence-electron chi connectivity index (χ2n) is 4.18. The number of ether oxygens (including phenoxy) is 1. The molecule has 0 fully saturated rings. The van der Waals surface area contributed by atoms with Crippen LogP contribution in [0.4, 0.5) is 0 Å². The van der Waals surface area contributed by atoms with Gasteiger partial charge in [-0.15, -0.1) is 11.3 Å². The Labute approximate surface area is 125 Å². The lowest BCUT2D eigenvalue weighted by atomic mass is 10.1. The molecule has 106 valence electrons. The molecule has 0 unspecified atom stereocenters. The highest BCUT2D eigenvalue weighted by Gasteiger charge is 2.09. The molecule has 0 saturated heterocycles. The maximum atomic E-state index is 10.6. The minimum Gasteiger partial charge on any atom is -0.481 e. The van der Waals surface area contributed by atoms with Gasteiger partial charge in [-0.25, -0.2) is 9.78 Å². The first kappa shape index (κ1) is 14.8. The van der Waals surface area contributed by atoms with Crippen molar-refractivity contribution >= 4 is 29.0 Å². The van der Waals surface area contributed by atoms with Crippen molar-refractivity contribution in [3.63, 3.8) is 0 Å². The van der Waals surface area contributed by atoms with Crippen molar-refractivity contribution in [2.45, 2.75) is 6.92 Å². The molecule has 0 saturated carbocycles. The molecule has 21 heavy (non-hydrogen) atoms. The second-order valence-corrected chi connectivity index (χ2v) is 5.04. The topological polar surface area (TPSA) is 83.2 Å². The molecular weight excluding hydrogens is 288 g/mol. The van der Waals surface area contributed by atoms with Crippen LogP contribution in [0.15, 0.2) is 29.6 Å². The van der Waals surface area contributed by atoms with Gasteiger partial charge in [0.1, 0.15) is 16.8 Å². The number of carboxylic acid groups (broad SMARTS) is 1. The molecule has 1 N–H and O–H groups in total. The minimum atomic E-state index is -1.05. The normalized spacial score (nSPS) is 11.0. The number of carboxylic acids is 1. The van der Waals surface area contributed by atoms with Crippen LogP contribution in [0.3, 0.4) is 0 Å². The summed E-state index contributed by atoms with van der Waals surface area (Å²) in [6.45, 7) is 1.43. The van der Waals surface area contributed by atoms with Gasteiger partial charge in [-0.1, -0.05) is 18.2 Å². The van der Waals surface area contributed by atoms with E-state index in [0.717, 1.165) is 5.69 Å². The summed E-state index contributed by atoms with van der Waals surface area (Å²) >= 11 is 1.39. The van der Waals surface area contributed by atoms with Gasteiger partial charge in [0.15, 0.2) is 6.61 Å². The van der Waals surface area contributed by atoms with Crippen LogP contribution in [0.1, 0.15) is 16.3 Å². The van der Waals surface area contributed by atoms with Crippen molar-refractivity contribution in [2.75, 3.05) is 6.61 Å². The van der Waals surface area contributed by atoms with E-state index in [1.165, 1.54) is 11.3 Å². The zero-order chi connectivity index (χ0) is 15.2. The van der Waals surface area contributed by atoms with E-state index in [9.17, 15) is 10.1 Å². The van der Waals surface area contributed by atoms with E-state index >= 15 is 0 Å². The monoisotopic (exact) mass is 300 g/mol. The number of aromatic nitrogens is 1. The zero-order valence-corrected chi connectivity index (χ0v) is 12.1. The Morgan fingerprint density at radius 2 is 2.29 bits per heavy atom. The highest BCUT2D eigenvalue weighted by Crippen LogP contribution is 2.26. The summed E-state index contributed by atoms with van der Waals surface area (Å²) in [6, 6.07) is 9.07. The number of hydrogen-bond donors (Lipinski definition) is 1. The Balaban J connectivity index is 2.34. The van der Waals surface area contributed by atoms with E-state index in [0.29, 0.717) is 21.9 Å². The lowest BCUT2D eigenvalue weighted by Crippen LogP contribution is -2.09. The summed E-state index contributed by atoms with van der Waals surface area (Å²) in [4.78, 5) is 14.9. The van der Waals surface area contributed by atoms with Gasteiger partial charge < -0.3 is 9.84 Å². The van der Waals surface area contributed by atoms with E-state index in [2.05, 4.69) is 11.1 Å². The molecule has 0 spiro atoms. The second kappa shape index (κ2) is 6.68. The third-order valence-electron chi connectivity index (χ3n) is 2.54. The van der Waals surface area contributed by atoms with Crippen molar-refractivity contribution in [3.8, 4) is 11.8 Å². The number of carbonyl (C=O) groups is 1. The Morgan fingerprint density at radius 3 is 2.90 bits per heavy atom. The predicted octanol–water partition coefficient (Wildman–Crippen LogP) is 2.98. The number of aliphatic carboxylic acids is 1. The van der Waals surface area contributed by atoms with E-state index in [1.54, 1.807) is 30.3 Å². The van der Waals surface area contributed by atoms with Crippen LogP contribution < -0.4 is 4.74 Å². The van der Waals surface area contributed by atoms with Crippen LogP contribution in [-0.4, -0.2) is 22.7 Å². The fraction of sp³-hybridized carbons (Fsp3) is 0.133. The molecular formula is C15H12N2O3S. The van der Waals surface area contributed by atoms with Crippen molar-refractivity contribution < 1.29 is 14.6 Å². The van der Waals surface area contributed by atoms with E-state index in [4.69, 9.17) is 9.84 Å². The number of rotatable bonds is 5. The summed E-state index contributed by atoms with van der Waals surface area (Å²) in [5, 5.41) is 20.4. The molecule has 0 aliphatic carbocycles. The Kier molecular flexibility index (Phi) is 4.69. The van der Waals surface area contributed by atoms with Crippen LogP contribution in [0, 0.1) is 18.3 Å². The van der Waals surface area contributed by atoms with Gasteiger partial charge in [0.25, 0.3) is 0 Å². The van der Waals surface area contributed by atoms with Gasteiger partial charge in [-0.2, -0.15) is 5.26 Å². The highest BCUT2D eigenvalue weighted by molar-refractivity contribution is 7.11. The van der Waals surface area contributed by atoms with E-state index < -0.39 is 12.6 Å². The zero-order valence-electron chi connectivity index (χ0n) is 11.2. The van der Waals surface area contributed by atoms with E-state index in [-0.39, 0.29) is 0 Å². The lowest BCUT2D eigenvalue weighted by molar-refractivity contribution is -0.139. The molecule has 1 heterocycles. The number of para-hydroxylation sites is 1. The van der Waals surface area contributed by atoms with Gasteiger partial charge in [0, 0.05) is 16.6 Å². The lowest BCUT2D eigenvalue weighted by Gasteiger charge is -2.06. The molecule has 0 aliphatic rings. The molecule has 1 aromatic heterocycles. The first-order valence-corrected chi connectivity index (χ1v) is 6.96. The van der Waals surface area contributed by atoms with Crippen molar-refractivity contribution in [3.05, 3.63) is 45.9 Å². The molecule has 0 amide bonds. The van der Waals surface area contributed by atoms with Crippen molar-refractivity contribution in [1.29, 1.82) is 5.26 Å². The van der Waals surface area contributed by atoms with Crippen LogP contribution in [0.5, 0.6) is 5.75 Å². The number of thiazole rings is 1. The van der Waals surface area contributed by atoms with Crippen molar-refractivity contribution in [1.82, 2.24) is 4.98 Å². The number of benzene rings is 1. The number of aryl methyl sites for hydroxylation is 1. The number of nitriles is 1.